The minimum absolute atomic E-state index is 0. The van der Waals surface area contributed by atoms with E-state index in [1.54, 1.807) is 0 Å². The summed E-state index contributed by atoms with van der Waals surface area (Å²) in [5.74, 6) is 0.631. The summed E-state index contributed by atoms with van der Waals surface area (Å²) in [6.07, 6.45) is 5.16. The third-order valence-corrected chi connectivity index (χ3v) is 4.26. The van der Waals surface area contributed by atoms with E-state index in [1.165, 1.54) is 0 Å². The van der Waals surface area contributed by atoms with Crippen LogP contribution >= 0.6 is 0 Å². The average molecular weight is 208 g/mol. The number of hydrogen-bond acceptors (Lipinski definition) is 1. The molecule has 0 unspecified atom stereocenters. The zero-order chi connectivity index (χ0) is 9.78. The van der Waals surface area contributed by atoms with Crippen LogP contribution in [0.1, 0.15) is 27.2 Å². The predicted octanol–water partition coefficient (Wildman–Crippen LogP) is -0.452. The molecule has 0 radical (unpaired) electrons. The quantitative estimate of drug-likeness (QED) is 0.453. The molecule has 0 saturated heterocycles. The van der Waals surface area contributed by atoms with Gasteiger partial charge in [-0.2, -0.15) is 0 Å². The van der Waals surface area contributed by atoms with Crippen molar-refractivity contribution in [2.24, 2.45) is 5.92 Å². The van der Waals surface area contributed by atoms with Crippen LogP contribution in [0.4, 0.5) is 0 Å². The summed E-state index contributed by atoms with van der Waals surface area (Å²) in [7, 11) is -2.21. The van der Waals surface area contributed by atoms with Crippen LogP contribution in [0, 0.1) is 5.92 Å². The maximum Gasteiger partial charge on any atom is 1.00 e. The minimum atomic E-state index is -2.21. The first-order valence-corrected chi connectivity index (χ1v) is 7.69. The fraction of sp³-hybridized carbons (Fsp3) is 0.800. The molecule has 0 fully saturated rings. The van der Waals surface area contributed by atoms with Crippen LogP contribution in [-0.2, 0) is 0 Å². The molecule has 0 saturated carbocycles. The van der Waals surface area contributed by atoms with Crippen molar-refractivity contribution in [1.29, 1.82) is 0 Å². The Morgan fingerprint density at radius 1 is 1.31 bits per heavy atom. The van der Waals surface area contributed by atoms with Crippen molar-refractivity contribution >= 4 is 8.32 Å². The Morgan fingerprint density at radius 3 is 2.00 bits per heavy atom. The first-order valence-electron chi connectivity index (χ1n) is 4.71. The molecule has 0 amide bonds. The van der Waals surface area contributed by atoms with Gasteiger partial charge in [0.2, 0.25) is 0 Å². The molecular weight excluding hydrogens is 187 g/mol. The van der Waals surface area contributed by atoms with Gasteiger partial charge in [-0.1, -0.05) is 39.1 Å². The van der Waals surface area contributed by atoms with Gasteiger partial charge in [-0.3, -0.25) is 0 Å². The molecule has 0 spiro atoms. The van der Waals surface area contributed by atoms with Crippen molar-refractivity contribution in [3.8, 4) is 0 Å². The fourth-order valence-electron chi connectivity index (χ4n) is 1.33. The Kier molecular flexibility index (Phi) is 9.11. The van der Waals surface area contributed by atoms with E-state index in [0.717, 1.165) is 6.42 Å². The van der Waals surface area contributed by atoms with Gasteiger partial charge in [0.05, 0.1) is 0 Å². The molecule has 0 aliphatic carbocycles. The summed E-state index contributed by atoms with van der Waals surface area (Å²) < 4.78 is 0. The van der Waals surface area contributed by atoms with Crippen LogP contribution in [0.25, 0.3) is 0 Å². The monoisotopic (exact) mass is 208 g/mol. The second-order valence-corrected chi connectivity index (χ2v) is 8.31. The van der Waals surface area contributed by atoms with E-state index in [2.05, 4.69) is 19.9 Å². The van der Waals surface area contributed by atoms with Crippen LogP contribution in [0.5, 0.6) is 0 Å². The molecule has 0 N–H and O–H groups in total. The van der Waals surface area contributed by atoms with Gasteiger partial charge in [0.1, 0.15) is 0 Å². The van der Waals surface area contributed by atoms with E-state index in [0.29, 0.717) is 11.5 Å². The molecule has 0 aromatic heterocycles. The van der Waals surface area contributed by atoms with Gasteiger partial charge >= 0.3 is 29.6 Å². The number of rotatable bonds is 4. The summed E-state index contributed by atoms with van der Waals surface area (Å²) in [6.45, 7) is 10.2. The van der Waals surface area contributed by atoms with Crippen LogP contribution in [0.3, 0.4) is 0 Å². The van der Waals surface area contributed by atoms with Gasteiger partial charge in [0, 0.05) is 0 Å². The molecule has 72 valence electrons. The molecule has 0 rings (SSSR count). The zero-order valence-electron chi connectivity index (χ0n) is 9.92. The van der Waals surface area contributed by atoms with Crippen molar-refractivity contribution in [1.82, 2.24) is 0 Å². The van der Waals surface area contributed by atoms with Gasteiger partial charge in [-0.25, -0.2) is 0 Å². The Morgan fingerprint density at radius 2 is 1.77 bits per heavy atom. The van der Waals surface area contributed by atoms with Crippen LogP contribution in [0.15, 0.2) is 12.2 Å². The molecule has 1 nitrogen and oxygen atoms in total. The first kappa shape index (κ1) is 16.4. The minimum Gasteiger partial charge on any atom is -0.858 e. The largest absolute Gasteiger partial charge is 1.00 e. The van der Waals surface area contributed by atoms with Crippen molar-refractivity contribution < 1.29 is 34.4 Å². The van der Waals surface area contributed by atoms with E-state index in [-0.39, 0.29) is 29.6 Å². The molecule has 3 heteroatoms. The average Bonchev–Trinajstić information content (AvgIpc) is 1.83. The van der Waals surface area contributed by atoms with Crippen molar-refractivity contribution in [3.63, 3.8) is 0 Å². The summed E-state index contributed by atoms with van der Waals surface area (Å²) >= 11 is 0. The van der Waals surface area contributed by atoms with Crippen molar-refractivity contribution in [2.75, 3.05) is 0 Å². The topological polar surface area (TPSA) is 23.1 Å². The molecular formula is C10H21NaOSi. The molecule has 0 bridgehead atoms. The van der Waals surface area contributed by atoms with Crippen LogP contribution < -0.4 is 34.4 Å². The molecule has 0 aliphatic heterocycles. The standard InChI is InChI=1S/C10H21OSi.Na/c1-6-7-10(8-9(2)3)12(4,5)11;/h6-7,9-10H,8H2,1-5H3;/q-1;+1/b7-6-;/t10-;/m0./s1. The Labute approximate surface area is 106 Å². The third kappa shape index (κ3) is 7.95. The maximum atomic E-state index is 11.8. The summed E-state index contributed by atoms with van der Waals surface area (Å²) in [5.41, 5.74) is 0.308. The molecule has 0 aliphatic rings. The van der Waals surface area contributed by atoms with Gasteiger partial charge in [0.15, 0.2) is 0 Å². The summed E-state index contributed by atoms with van der Waals surface area (Å²) in [5, 5.41) is 0. The Balaban J connectivity index is 0. The molecule has 0 heterocycles. The predicted molar refractivity (Wildman–Crippen MR) is 55.5 cm³/mol. The number of hydrogen-bond donors (Lipinski definition) is 0. The second kappa shape index (κ2) is 7.24. The normalized spacial score (nSPS) is 14.7. The van der Waals surface area contributed by atoms with Crippen LogP contribution in [0.2, 0.25) is 18.6 Å². The van der Waals surface area contributed by atoms with E-state index in [4.69, 9.17) is 0 Å². The molecule has 0 aromatic carbocycles. The molecule has 1 atom stereocenters. The fourth-order valence-corrected chi connectivity index (χ4v) is 3.03. The van der Waals surface area contributed by atoms with Crippen molar-refractivity contribution in [2.45, 2.75) is 45.8 Å². The van der Waals surface area contributed by atoms with E-state index < -0.39 is 8.32 Å². The maximum absolute atomic E-state index is 11.8. The second-order valence-electron chi connectivity index (χ2n) is 4.37. The number of allylic oxidation sites excluding steroid dienone is 2. The van der Waals surface area contributed by atoms with Crippen LogP contribution in [-0.4, -0.2) is 8.32 Å². The van der Waals surface area contributed by atoms with Gasteiger partial charge in [-0.15, -0.1) is 0 Å². The SMILES string of the molecule is C/C=C\[C@@H](CC(C)C)[Si](C)(C)[O-].[Na+]. The van der Waals surface area contributed by atoms with E-state index in [9.17, 15) is 4.80 Å². The summed E-state index contributed by atoms with van der Waals surface area (Å²) in [4.78, 5) is 11.8. The Bertz CT molecular complexity index is 149. The summed E-state index contributed by atoms with van der Waals surface area (Å²) in [6, 6.07) is 0. The van der Waals surface area contributed by atoms with Gasteiger partial charge in [0.25, 0.3) is 0 Å². The molecule has 13 heavy (non-hydrogen) atoms. The molecule has 0 aromatic rings. The van der Waals surface area contributed by atoms with E-state index in [1.807, 2.05) is 26.1 Å². The first-order chi connectivity index (χ1) is 5.38. The van der Waals surface area contributed by atoms with Gasteiger partial charge in [-0.05, 0) is 33.1 Å². The van der Waals surface area contributed by atoms with E-state index >= 15 is 0 Å². The smallest absolute Gasteiger partial charge is 0.858 e. The Hall–Kier alpha value is 0.917. The third-order valence-electron chi connectivity index (χ3n) is 2.04. The van der Waals surface area contributed by atoms with Crippen molar-refractivity contribution in [3.05, 3.63) is 12.2 Å². The zero-order valence-corrected chi connectivity index (χ0v) is 12.9. The van der Waals surface area contributed by atoms with Gasteiger partial charge < -0.3 is 4.80 Å².